The van der Waals surface area contributed by atoms with Gasteiger partial charge >= 0.3 is 0 Å². The third-order valence-electron chi connectivity index (χ3n) is 6.75. The molecule has 7 heteroatoms. The lowest BCUT2D eigenvalue weighted by molar-refractivity contribution is -0.121. The average molecular weight is 512 g/mol. The number of hydrogen-bond donors (Lipinski definition) is 2. The fourth-order valence-corrected chi connectivity index (χ4v) is 5.90. The predicted molar refractivity (Wildman–Crippen MR) is 153 cm³/mol. The molecule has 5 rings (SSSR count). The highest BCUT2D eigenvalue weighted by molar-refractivity contribution is 8.00. The van der Waals surface area contributed by atoms with Crippen molar-refractivity contribution in [2.75, 3.05) is 24.3 Å². The number of aromatic nitrogens is 2. The number of carbonyl (C=O) groups excluding carboxylic acids is 1. The van der Waals surface area contributed by atoms with Gasteiger partial charge in [0.15, 0.2) is 0 Å². The van der Waals surface area contributed by atoms with Crippen LogP contribution in [-0.2, 0) is 4.79 Å². The van der Waals surface area contributed by atoms with Crippen LogP contribution >= 0.6 is 11.8 Å². The zero-order valence-corrected chi connectivity index (χ0v) is 22.1. The second-order valence-corrected chi connectivity index (χ2v) is 10.9. The number of nitrogens with zero attached hydrogens (tertiary/aromatic N) is 3. The van der Waals surface area contributed by atoms with Crippen molar-refractivity contribution in [1.82, 2.24) is 15.3 Å². The number of nitrogens with one attached hydrogen (secondary N) is 2. The fourth-order valence-electron chi connectivity index (χ4n) is 4.84. The summed E-state index contributed by atoms with van der Waals surface area (Å²) in [7, 11) is 4.01. The maximum Gasteiger partial charge on any atom is 0.238 e. The Kier molecular flexibility index (Phi) is 7.90. The SMILES string of the molecule is CN(C)c1nc(NC2CCC(NC(=O)C(Sc3ccccc3)c3ccccc3)CC2)nc2ccccc12. The van der Waals surface area contributed by atoms with Crippen molar-refractivity contribution in [2.45, 2.75) is 47.9 Å². The Hall–Kier alpha value is -3.58. The molecular weight excluding hydrogens is 478 g/mol. The Morgan fingerprint density at radius 1 is 0.838 bits per heavy atom. The van der Waals surface area contributed by atoms with Crippen LogP contribution in [0, 0.1) is 0 Å². The second kappa shape index (κ2) is 11.6. The second-order valence-electron chi connectivity index (χ2n) is 9.71. The topological polar surface area (TPSA) is 70.2 Å². The molecule has 0 aliphatic heterocycles. The molecular formula is C30H33N5OS. The van der Waals surface area contributed by atoms with Gasteiger partial charge in [0.25, 0.3) is 0 Å². The molecule has 37 heavy (non-hydrogen) atoms. The summed E-state index contributed by atoms with van der Waals surface area (Å²) in [5, 5.41) is 7.67. The monoisotopic (exact) mass is 511 g/mol. The number of thioether (sulfide) groups is 1. The quantitative estimate of drug-likeness (QED) is 0.280. The summed E-state index contributed by atoms with van der Waals surface area (Å²) in [6.45, 7) is 0. The van der Waals surface area contributed by atoms with Crippen molar-refractivity contribution in [3.8, 4) is 0 Å². The van der Waals surface area contributed by atoms with Crippen LogP contribution < -0.4 is 15.5 Å². The smallest absolute Gasteiger partial charge is 0.238 e. The Balaban J connectivity index is 1.21. The number of anilines is 2. The fraction of sp³-hybridized carbons (Fsp3) is 0.300. The molecule has 1 amide bonds. The summed E-state index contributed by atoms with van der Waals surface area (Å²) in [4.78, 5) is 26.1. The maximum absolute atomic E-state index is 13.4. The molecule has 1 saturated carbocycles. The van der Waals surface area contributed by atoms with Gasteiger partial charge in [-0.15, -0.1) is 11.8 Å². The highest BCUT2D eigenvalue weighted by atomic mass is 32.2. The highest BCUT2D eigenvalue weighted by Crippen LogP contribution is 2.36. The van der Waals surface area contributed by atoms with E-state index in [1.807, 2.05) is 85.7 Å². The molecule has 0 bridgehead atoms. The number of amides is 1. The van der Waals surface area contributed by atoms with Gasteiger partial charge in [-0.05, 0) is 55.5 Å². The van der Waals surface area contributed by atoms with E-state index >= 15 is 0 Å². The first-order chi connectivity index (χ1) is 18.1. The van der Waals surface area contributed by atoms with Crippen molar-refractivity contribution in [3.63, 3.8) is 0 Å². The summed E-state index contributed by atoms with van der Waals surface area (Å²) in [6, 6.07) is 28.7. The summed E-state index contributed by atoms with van der Waals surface area (Å²) in [5.74, 6) is 1.65. The summed E-state index contributed by atoms with van der Waals surface area (Å²) in [5.41, 5.74) is 1.96. The molecule has 190 valence electrons. The van der Waals surface area contributed by atoms with Gasteiger partial charge < -0.3 is 15.5 Å². The molecule has 1 atom stereocenters. The summed E-state index contributed by atoms with van der Waals surface area (Å²) < 4.78 is 0. The number of para-hydroxylation sites is 1. The van der Waals surface area contributed by atoms with E-state index in [0.717, 1.165) is 52.9 Å². The Bertz CT molecular complexity index is 1320. The Morgan fingerprint density at radius 2 is 1.46 bits per heavy atom. The normalized spacial score (nSPS) is 18.2. The van der Waals surface area contributed by atoms with E-state index in [0.29, 0.717) is 5.95 Å². The molecule has 0 spiro atoms. The zero-order valence-electron chi connectivity index (χ0n) is 21.3. The van der Waals surface area contributed by atoms with E-state index in [2.05, 4.69) is 28.8 Å². The summed E-state index contributed by atoms with van der Waals surface area (Å²) in [6.07, 6.45) is 3.77. The van der Waals surface area contributed by atoms with Crippen LogP contribution in [0.4, 0.5) is 11.8 Å². The number of benzene rings is 3. The lowest BCUT2D eigenvalue weighted by Crippen LogP contribution is -2.41. The van der Waals surface area contributed by atoms with Crippen LogP contribution in [0.15, 0.2) is 89.8 Å². The van der Waals surface area contributed by atoms with Crippen molar-refractivity contribution >= 4 is 40.3 Å². The number of fused-ring (bicyclic) bond motifs is 1. The van der Waals surface area contributed by atoms with E-state index in [1.165, 1.54) is 0 Å². The molecule has 1 aliphatic rings. The van der Waals surface area contributed by atoms with Crippen LogP contribution in [-0.4, -0.2) is 42.1 Å². The minimum atomic E-state index is -0.282. The van der Waals surface area contributed by atoms with Gasteiger partial charge in [0.1, 0.15) is 11.1 Å². The molecule has 1 fully saturated rings. The van der Waals surface area contributed by atoms with Crippen LogP contribution in [0.5, 0.6) is 0 Å². The lowest BCUT2D eigenvalue weighted by Gasteiger charge is -2.31. The molecule has 6 nitrogen and oxygen atoms in total. The van der Waals surface area contributed by atoms with Crippen LogP contribution in [0.2, 0.25) is 0 Å². The first-order valence-corrected chi connectivity index (χ1v) is 13.7. The first-order valence-electron chi connectivity index (χ1n) is 12.8. The molecule has 1 unspecified atom stereocenters. The van der Waals surface area contributed by atoms with E-state index in [1.54, 1.807) is 11.8 Å². The number of hydrogen-bond acceptors (Lipinski definition) is 6. The molecule has 2 N–H and O–H groups in total. The number of carbonyl (C=O) groups is 1. The van der Waals surface area contributed by atoms with Crippen molar-refractivity contribution in [3.05, 3.63) is 90.5 Å². The lowest BCUT2D eigenvalue weighted by atomic mass is 9.91. The van der Waals surface area contributed by atoms with Crippen LogP contribution in [0.3, 0.4) is 0 Å². The van der Waals surface area contributed by atoms with Crippen LogP contribution in [0.25, 0.3) is 10.9 Å². The van der Waals surface area contributed by atoms with Gasteiger partial charge in [-0.1, -0.05) is 60.7 Å². The third kappa shape index (κ3) is 6.23. The highest BCUT2D eigenvalue weighted by Gasteiger charge is 2.28. The van der Waals surface area contributed by atoms with Crippen molar-refractivity contribution in [1.29, 1.82) is 0 Å². The summed E-state index contributed by atoms with van der Waals surface area (Å²) >= 11 is 1.60. The van der Waals surface area contributed by atoms with Crippen molar-refractivity contribution < 1.29 is 4.79 Å². The molecule has 0 radical (unpaired) electrons. The van der Waals surface area contributed by atoms with Crippen molar-refractivity contribution in [2.24, 2.45) is 0 Å². The first kappa shape index (κ1) is 25.1. The zero-order chi connectivity index (χ0) is 25.6. The minimum absolute atomic E-state index is 0.0740. The van der Waals surface area contributed by atoms with Gasteiger partial charge in [0, 0.05) is 36.5 Å². The Morgan fingerprint density at radius 3 is 2.16 bits per heavy atom. The molecule has 3 aromatic carbocycles. The van der Waals surface area contributed by atoms with Gasteiger partial charge in [0.2, 0.25) is 11.9 Å². The Labute approximate surface area is 222 Å². The molecule has 1 aromatic heterocycles. The van der Waals surface area contributed by atoms with Gasteiger partial charge in [-0.3, -0.25) is 4.79 Å². The molecule has 1 heterocycles. The van der Waals surface area contributed by atoms with Gasteiger partial charge in [0.05, 0.1) is 5.52 Å². The van der Waals surface area contributed by atoms with Gasteiger partial charge in [-0.25, -0.2) is 4.98 Å². The maximum atomic E-state index is 13.4. The minimum Gasteiger partial charge on any atom is -0.362 e. The third-order valence-corrected chi connectivity index (χ3v) is 8.02. The van der Waals surface area contributed by atoms with Gasteiger partial charge in [-0.2, -0.15) is 4.98 Å². The molecule has 0 saturated heterocycles. The largest absolute Gasteiger partial charge is 0.362 e. The predicted octanol–water partition coefficient (Wildman–Crippen LogP) is 6.07. The molecule has 4 aromatic rings. The average Bonchev–Trinajstić information content (AvgIpc) is 2.93. The van der Waals surface area contributed by atoms with Crippen LogP contribution in [0.1, 0.15) is 36.5 Å². The van der Waals surface area contributed by atoms with E-state index in [-0.39, 0.29) is 23.2 Å². The van der Waals surface area contributed by atoms with E-state index < -0.39 is 0 Å². The molecule has 1 aliphatic carbocycles. The van der Waals surface area contributed by atoms with E-state index in [4.69, 9.17) is 9.97 Å². The van der Waals surface area contributed by atoms with E-state index in [9.17, 15) is 4.79 Å². The number of rotatable bonds is 8. The standard InChI is InChI=1S/C30H33N5OS/c1-35(2)28-25-15-9-10-16-26(25)33-30(34-28)32-23-19-17-22(18-20-23)31-29(36)27(21-11-5-3-6-12-21)37-24-13-7-4-8-14-24/h3-16,22-23,27H,17-20H2,1-2H3,(H,31,36)(H,32,33,34).